The highest BCUT2D eigenvalue weighted by Crippen LogP contribution is 2.38. The number of nitrogens with one attached hydrogen (secondary N) is 1. The number of halogens is 6. The standard InChI is InChI=1S/C14H15Cl3F3N/c15-11-4-5-12(16)13(17)10(11)7-21-9-3-1-2-8(6-9)14(18,19)20/h4-5,8-9,21H,1-3,6-7H2. The van der Waals surface area contributed by atoms with Gasteiger partial charge in [0, 0.05) is 23.2 Å². The molecule has 0 bridgehead atoms. The SMILES string of the molecule is FC(F)(F)C1CCCC(NCc2c(Cl)ccc(Cl)c2Cl)C1. The number of alkyl halides is 3. The summed E-state index contributed by atoms with van der Waals surface area (Å²) in [6, 6.07) is 3.04. The minimum absolute atomic E-state index is 0.0965. The van der Waals surface area contributed by atoms with Crippen molar-refractivity contribution < 1.29 is 13.2 Å². The van der Waals surface area contributed by atoms with Crippen LogP contribution in [0.2, 0.25) is 15.1 Å². The molecule has 0 heterocycles. The van der Waals surface area contributed by atoms with Crippen LogP contribution < -0.4 is 5.32 Å². The van der Waals surface area contributed by atoms with E-state index in [1.165, 1.54) is 0 Å². The van der Waals surface area contributed by atoms with Gasteiger partial charge in [0.2, 0.25) is 0 Å². The van der Waals surface area contributed by atoms with Gasteiger partial charge in [-0.1, -0.05) is 41.2 Å². The summed E-state index contributed by atoms with van der Waals surface area (Å²) in [6.07, 6.45) is -2.52. The molecule has 1 aromatic rings. The number of benzene rings is 1. The summed E-state index contributed by atoms with van der Waals surface area (Å²) in [6.45, 7) is 0.313. The predicted molar refractivity (Wildman–Crippen MR) is 80.1 cm³/mol. The van der Waals surface area contributed by atoms with Crippen molar-refractivity contribution in [3.8, 4) is 0 Å². The molecule has 1 aliphatic rings. The maximum Gasteiger partial charge on any atom is 0.391 e. The normalized spacial score (nSPS) is 23.3. The van der Waals surface area contributed by atoms with E-state index >= 15 is 0 Å². The van der Waals surface area contributed by atoms with Gasteiger partial charge in [-0.05, 0) is 31.4 Å². The highest BCUT2D eigenvalue weighted by Gasteiger charge is 2.42. The Hall–Kier alpha value is -0.160. The summed E-state index contributed by atoms with van der Waals surface area (Å²) < 4.78 is 38.3. The third kappa shape index (κ3) is 4.41. The van der Waals surface area contributed by atoms with Crippen molar-refractivity contribution in [1.82, 2.24) is 5.32 Å². The molecule has 118 valence electrons. The molecule has 2 rings (SSSR count). The van der Waals surface area contributed by atoms with Gasteiger partial charge in [-0.25, -0.2) is 0 Å². The molecule has 7 heteroatoms. The third-order valence-corrected chi connectivity index (χ3v) is 5.04. The molecule has 1 N–H and O–H groups in total. The fourth-order valence-corrected chi connectivity index (χ4v) is 3.33. The van der Waals surface area contributed by atoms with E-state index in [2.05, 4.69) is 5.32 Å². The molecule has 1 aromatic carbocycles. The highest BCUT2D eigenvalue weighted by molar-refractivity contribution is 6.44. The van der Waals surface area contributed by atoms with Crippen LogP contribution in [0.5, 0.6) is 0 Å². The maximum atomic E-state index is 12.8. The van der Waals surface area contributed by atoms with Gasteiger partial charge < -0.3 is 5.32 Å². The average molecular weight is 361 g/mol. The van der Waals surface area contributed by atoms with E-state index in [9.17, 15) is 13.2 Å². The quantitative estimate of drug-likeness (QED) is 0.666. The topological polar surface area (TPSA) is 12.0 Å². The molecule has 0 amide bonds. The highest BCUT2D eigenvalue weighted by atomic mass is 35.5. The van der Waals surface area contributed by atoms with Gasteiger partial charge in [0.1, 0.15) is 0 Å². The van der Waals surface area contributed by atoms with Gasteiger partial charge in [0.15, 0.2) is 0 Å². The lowest BCUT2D eigenvalue weighted by molar-refractivity contribution is -0.183. The van der Waals surface area contributed by atoms with Crippen LogP contribution in [-0.4, -0.2) is 12.2 Å². The average Bonchev–Trinajstić information content (AvgIpc) is 2.42. The van der Waals surface area contributed by atoms with E-state index < -0.39 is 12.1 Å². The fraction of sp³-hybridized carbons (Fsp3) is 0.571. The second kappa shape index (κ2) is 6.95. The van der Waals surface area contributed by atoms with Crippen molar-refractivity contribution in [2.75, 3.05) is 0 Å². The van der Waals surface area contributed by atoms with Crippen molar-refractivity contribution >= 4 is 34.8 Å². The van der Waals surface area contributed by atoms with Crippen LogP contribution in [0.4, 0.5) is 13.2 Å². The van der Waals surface area contributed by atoms with Crippen LogP contribution in [-0.2, 0) is 6.54 Å². The Morgan fingerprint density at radius 3 is 2.43 bits per heavy atom. The Balaban J connectivity index is 1.99. The summed E-state index contributed by atoms with van der Waals surface area (Å²) in [7, 11) is 0. The van der Waals surface area contributed by atoms with Gasteiger partial charge in [0.05, 0.1) is 16.0 Å². The minimum Gasteiger partial charge on any atom is -0.310 e. The largest absolute Gasteiger partial charge is 0.391 e. The van der Waals surface area contributed by atoms with Gasteiger partial charge in [-0.15, -0.1) is 0 Å². The van der Waals surface area contributed by atoms with Crippen LogP contribution in [0.25, 0.3) is 0 Å². The fourth-order valence-electron chi connectivity index (χ4n) is 2.65. The van der Waals surface area contributed by atoms with Gasteiger partial charge in [-0.3, -0.25) is 0 Å². The third-order valence-electron chi connectivity index (χ3n) is 3.84. The van der Waals surface area contributed by atoms with Crippen LogP contribution in [0.3, 0.4) is 0 Å². The Bertz CT molecular complexity index is 505. The van der Waals surface area contributed by atoms with Crippen LogP contribution in [0.15, 0.2) is 12.1 Å². The first-order valence-electron chi connectivity index (χ1n) is 6.71. The summed E-state index contributed by atoms with van der Waals surface area (Å²) in [5, 5.41) is 4.31. The van der Waals surface area contributed by atoms with E-state index in [-0.39, 0.29) is 18.9 Å². The second-order valence-electron chi connectivity index (χ2n) is 5.30. The molecule has 1 nitrogen and oxygen atoms in total. The first-order chi connectivity index (χ1) is 9.79. The lowest BCUT2D eigenvalue weighted by Crippen LogP contribution is -2.38. The summed E-state index contributed by atoms with van der Waals surface area (Å²) in [4.78, 5) is 0. The van der Waals surface area contributed by atoms with Crippen molar-refractivity contribution in [1.29, 1.82) is 0 Å². The van der Waals surface area contributed by atoms with Crippen molar-refractivity contribution in [3.63, 3.8) is 0 Å². The van der Waals surface area contributed by atoms with E-state index in [4.69, 9.17) is 34.8 Å². The molecule has 2 atom stereocenters. The maximum absolute atomic E-state index is 12.8. The van der Waals surface area contributed by atoms with Gasteiger partial charge in [0.25, 0.3) is 0 Å². The Morgan fingerprint density at radius 1 is 1.10 bits per heavy atom. The van der Waals surface area contributed by atoms with Crippen molar-refractivity contribution in [2.45, 2.75) is 44.4 Å². The molecule has 1 aliphatic carbocycles. The molecule has 1 fully saturated rings. The molecule has 0 saturated heterocycles. The molecule has 2 unspecified atom stereocenters. The second-order valence-corrected chi connectivity index (χ2v) is 6.50. The molecular weight excluding hydrogens is 346 g/mol. The van der Waals surface area contributed by atoms with Crippen LogP contribution >= 0.6 is 34.8 Å². The van der Waals surface area contributed by atoms with Gasteiger partial charge >= 0.3 is 6.18 Å². The lowest BCUT2D eigenvalue weighted by Gasteiger charge is -2.31. The molecule has 21 heavy (non-hydrogen) atoms. The van der Waals surface area contributed by atoms with Crippen LogP contribution in [0.1, 0.15) is 31.2 Å². The summed E-state index contributed by atoms with van der Waals surface area (Å²) >= 11 is 18.1. The molecule has 0 aliphatic heterocycles. The van der Waals surface area contributed by atoms with E-state index in [0.29, 0.717) is 33.6 Å². The van der Waals surface area contributed by atoms with E-state index in [0.717, 1.165) is 6.42 Å². The molecule has 0 spiro atoms. The monoisotopic (exact) mass is 359 g/mol. The van der Waals surface area contributed by atoms with Gasteiger partial charge in [-0.2, -0.15) is 13.2 Å². The summed E-state index contributed by atoms with van der Waals surface area (Å²) in [5.74, 6) is -1.23. The zero-order valence-corrected chi connectivity index (χ0v) is 13.4. The molecule has 0 aromatic heterocycles. The van der Waals surface area contributed by atoms with Crippen molar-refractivity contribution in [2.24, 2.45) is 5.92 Å². The summed E-state index contributed by atoms with van der Waals surface area (Å²) in [5.41, 5.74) is 0.625. The minimum atomic E-state index is -4.12. The number of hydrogen-bond donors (Lipinski definition) is 1. The first kappa shape index (κ1) is 17.2. The Morgan fingerprint density at radius 2 is 1.76 bits per heavy atom. The number of hydrogen-bond acceptors (Lipinski definition) is 1. The van der Waals surface area contributed by atoms with Crippen molar-refractivity contribution in [3.05, 3.63) is 32.8 Å². The number of rotatable bonds is 3. The van der Waals surface area contributed by atoms with Crippen LogP contribution in [0, 0.1) is 5.92 Å². The molecule has 1 saturated carbocycles. The van der Waals surface area contributed by atoms with E-state index in [1.54, 1.807) is 12.1 Å². The zero-order chi connectivity index (χ0) is 15.6. The Kier molecular flexibility index (Phi) is 5.69. The molecular formula is C14H15Cl3F3N. The van der Waals surface area contributed by atoms with E-state index in [1.807, 2.05) is 0 Å². The Labute approximate surface area is 136 Å². The zero-order valence-electron chi connectivity index (χ0n) is 11.1. The first-order valence-corrected chi connectivity index (χ1v) is 7.85. The lowest BCUT2D eigenvalue weighted by atomic mass is 9.85. The smallest absolute Gasteiger partial charge is 0.310 e. The predicted octanol–water partition coefficient (Wildman–Crippen LogP) is 5.86. The molecule has 0 radical (unpaired) electrons.